The lowest BCUT2D eigenvalue weighted by molar-refractivity contribution is -0.141. The molecule has 3 aliphatic rings. The molecule has 3 aliphatic carbocycles. The number of benzene rings is 1. The van der Waals surface area contributed by atoms with Gasteiger partial charge in [0.15, 0.2) is 23.0 Å². The minimum absolute atomic E-state index is 0.0127. The minimum atomic E-state index is -4.68. The van der Waals surface area contributed by atoms with Crippen molar-refractivity contribution in [2.45, 2.75) is 69.7 Å². The number of imidazole rings is 1. The predicted octanol–water partition coefficient (Wildman–Crippen LogP) is 4.14. The Morgan fingerprint density at radius 1 is 1.22 bits per heavy atom. The molecular formula is C27H34N7O6P. The maximum atomic E-state index is 12.9. The van der Waals surface area contributed by atoms with Crippen LogP contribution in [0.1, 0.15) is 51.5 Å². The van der Waals surface area contributed by atoms with Crippen LogP contribution in [0.4, 0.5) is 17.5 Å². The first kappa shape index (κ1) is 27.6. The summed E-state index contributed by atoms with van der Waals surface area (Å²) in [5, 5.41) is 4.79. The lowest BCUT2D eigenvalue weighted by atomic mass is 9.96. The number of nitrogens with one attached hydrogen (secondary N) is 1. The third kappa shape index (κ3) is 6.38. The zero-order valence-electron chi connectivity index (χ0n) is 22.7. The molecule has 4 atom stereocenters. The summed E-state index contributed by atoms with van der Waals surface area (Å²) in [7, 11) is -4.68. The fraction of sp³-hybridized carbons (Fsp3) is 0.481. The predicted molar refractivity (Wildman–Crippen MR) is 152 cm³/mol. The number of hydrogen-bond donors (Lipinski definition) is 3. The number of nitrogens with zero attached hydrogens (tertiary/aromatic N) is 5. The molecule has 0 aliphatic heterocycles. The van der Waals surface area contributed by atoms with Crippen LogP contribution < -0.4 is 16.1 Å². The first-order chi connectivity index (χ1) is 19.8. The van der Waals surface area contributed by atoms with Gasteiger partial charge in [-0.1, -0.05) is 30.4 Å². The third-order valence-corrected chi connectivity index (χ3v) is 8.43. The van der Waals surface area contributed by atoms with Crippen molar-refractivity contribution in [2.75, 3.05) is 22.7 Å². The van der Waals surface area contributed by atoms with E-state index in [-0.39, 0.29) is 30.6 Å². The Bertz CT molecular complexity index is 1480. The molecule has 1 unspecified atom stereocenters. The van der Waals surface area contributed by atoms with Gasteiger partial charge in [0, 0.05) is 12.0 Å². The van der Waals surface area contributed by atoms with Crippen molar-refractivity contribution >= 4 is 42.4 Å². The van der Waals surface area contributed by atoms with Crippen LogP contribution >= 0.6 is 7.82 Å². The Hall–Kier alpha value is -3.51. The fourth-order valence-electron chi connectivity index (χ4n) is 4.87. The average molecular weight is 584 g/mol. The van der Waals surface area contributed by atoms with Crippen LogP contribution in [0.2, 0.25) is 0 Å². The summed E-state index contributed by atoms with van der Waals surface area (Å²) in [6.45, 7) is 1.46. The van der Waals surface area contributed by atoms with Crippen molar-refractivity contribution in [2.24, 2.45) is 5.92 Å². The normalized spacial score (nSPS) is 22.7. The van der Waals surface area contributed by atoms with Gasteiger partial charge in [-0.2, -0.15) is 9.97 Å². The Kier molecular flexibility index (Phi) is 7.69. The molecule has 0 bridgehead atoms. The van der Waals surface area contributed by atoms with E-state index in [4.69, 9.17) is 19.6 Å². The summed E-state index contributed by atoms with van der Waals surface area (Å²) in [4.78, 5) is 42.5. The maximum absolute atomic E-state index is 12.9. The molecule has 0 amide bonds. The molecule has 6 rings (SSSR count). The van der Waals surface area contributed by atoms with Crippen LogP contribution in [-0.4, -0.2) is 55.2 Å². The molecule has 218 valence electrons. The maximum Gasteiger partial charge on any atom is 0.529 e. The SMILES string of the molecule is C[C@@H](C(=O)OP(=O)(O)OC[C@@H]1C=C[C@H](n2cnc3c(NC4CC4)nc(N)nc32)C1)N(OC1CCC1)c1ccccc1. The summed E-state index contributed by atoms with van der Waals surface area (Å²) in [6.07, 6.45) is 11.1. The highest BCUT2D eigenvalue weighted by molar-refractivity contribution is 7.48. The second-order valence-corrected chi connectivity index (χ2v) is 12.2. The van der Waals surface area contributed by atoms with Crippen LogP contribution in [0.15, 0.2) is 48.8 Å². The molecule has 2 heterocycles. The number of allylic oxidation sites excluding steroid dienone is 1. The Labute approximate surface area is 237 Å². The van der Waals surface area contributed by atoms with Crippen molar-refractivity contribution in [1.82, 2.24) is 19.5 Å². The van der Waals surface area contributed by atoms with Crippen molar-refractivity contribution in [3.63, 3.8) is 0 Å². The van der Waals surface area contributed by atoms with Crippen LogP contribution in [0.3, 0.4) is 0 Å². The molecule has 2 fully saturated rings. The van der Waals surface area contributed by atoms with E-state index in [0.29, 0.717) is 35.1 Å². The average Bonchev–Trinajstić information content (AvgIpc) is 3.43. The summed E-state index contributed by atoms with van der Waals surface area (Å²) < 4.78 is 24.9. The van der Waals surface area contributed by atoms with Gasteiger partial charge >= 0.3 is 13.8 Å². The van der Waals surface area contributed by atoms with E-state index in [2.05, 4.69) is 20.3 Å². The van der Waals surface area contributed by atoms with Gasteiger partial charge in [0.25, 0.3) is 0 Å². The Morgan fingerprint density at radius 3 is 2.71 bits per heavy atom. The van der Waals surface area contributed by atoms with Crippen molar-refractivity contribution in [3.8, 4) is 0 Å². The van der Waals surface area contributed by atoms with Gasteiger partial charge in [0.05, 0.1) is 30.8 Å². The summed E-state index contributed by atoms with van der Waals surface area (Å²) >= 11 is 0. The number of hydrogen-bond acceptors (Lipinski definition) is 11. The van der Waals surface area contributed by atoms with Crippen LogP contribution in [-0.2, 0) is 23.2 Å². The first-order valence-corrected chi connectivity index (χ1v) is 15.4. The number of phosphoric ester groups is 1. The quantitative estimate of drug-likeness (QED) is 0.159. The molecule has 2 aromatic heterocycles. The highest BCUT2D eigenvalue weighted by atomic mass is 31.2. The van der Waals surface area contributed by atoms with Gasteiger partial charge in [-0.15, -0.1) is 0 Å². The molecule has 0 radical (unpaired) electrons. The number of aromatic nitrogens is 4. The number of para-hydroxylation sites is 1. The summed E-state index contributed by atoms with van der Waals surface area (Å²) in [5.74, 6) is -0.334. The Morgan fingerprint density at radius 2 is 2.00 bits per heavy atom. The van der Waals surface area contributed by atoms with E-state index in [1.54, 1.807) is 25.4 Å². The van der Waals surface area contributed by atoms with Gasteiger partial charge in [-0.25, -0.2) is 19.4 Å². The van der Waals surface area contributed by atoms with Crippen LogP contribution in [0, 0.1) is 5.92 Å². The van der Waals surface area contributed by atoms with Gasteiger partial charge in [-0.3, -0.25) is 14.3 Å². The van der Waals surface area contributed by atoms with Gasteiger partial charge < -0.3 is 20.1 Å². The zero-order valence-corrected chi connectivity index (χ0v) is 23.6. The van der Waals surface area contributed by atoms with Crippen molar-refractivity contribution < 1.29 is 28.1 Å². The van der Waals surface area contributed by atoms with Crippen LogP contribution in [0.25, 0.3) is 11.2 Å². The summed E-state index contributed by atoms with van der Waals surface area (Å²) in [6, 6.07) is 8.41. The molecule has 13 nitrogen and oxygen atoms in total. The minimum Gasteiger partial charge on any atom is -0.369 e. The van der Waals surface area contributed by atoms with E-state index < -0.39 is 19.8 Å². The van der Waals surface area contributed by atoms with Crippen molar-refractivity contribution in [1.29, 1.82) is 0 Å². The number of nitrogens with two attached hydrogens (primary N) is 1. The number of nitrogen functional groups attached to an aromatic ring is 1. The van der Waals surface area contributed by atoms with Gasteiger partial charge in [0.1, 0.15) is 0 Å². The number of phosphoric acid groups is 1. The summed E-state index contributed by atoms with van der Waals surface area (Å²) in [5.41, 5.74) is 7.87. The topological polar surface area (TPSA) is 167 Å². The molecule has 3 aromatic rings. The second kappa shape index (κ2) is 11.4. The monoisotopic (exact) mass is 583 g/mol. The lowest BCUT2D eigenvalue weighted by Gasteiger charge is -2.35. The number of fused-ring (bicyclic) bond motifs is 1. The molecule has 0 spiro atoms. The molecule has 41 heavy (non-hydrogen) atoms. The number of rotatable bonds is 12. The van der Waals surface area contributed by atoms with Gasteiger partial charge in [-0.05, 0) is 57.6 Å². The molecule has 1 aromatic carbocycles. The number of anilines is 3. The van der Waals surface area contributed by atoms with E-state index in [9.17, 15) is 14.3 Å². The molecule has 14 heteroatoms. The first-order valence-electron chi connectivity index (χ1n) is 13.9. The number of carbonyl (C=O) groups excluding carboxylic acids is 1. The van der Waals surface area contributed by atoms with Crippen molar-refractivity contribution in [3.05, 3.63) is 48.8 Å². The van der Waals surface area contributed by atoms with E-state index in [1.165, 1.54) is 5.06 Å². The van der Waals surface area contributed by atoms with E-state index >= 15 is 0 Å². The third-order valence-electron chi connectivity index (χ3n) is 7.54. The smallest absolute Gasteiger partial charge is 0.369 e. The molecule has 4 N–H and O–H groups in total. The lowest BCUT2D eigenvalue weighted by Crippen LogP contribution is -2.44. The fourth-order valence-corrected chi connectivity index (χ4v) is 5.68. The molecule has 2 saturated carbocycles. The molecule has 0 saturated heterocycles. The second-order valence-electron chi connectivity index (χ2n) is 10.8. The number of carbonyl (C=O) groups is 1. The van der Waals surface area contributed by atoms with E-state index in [1.807, 2.05) is 34.9 Å². The Balaban J connectivity index is 1.05. The highest BCUT2D eigenvalue weighted by Crippen LogP contribution is 2.45. The van der Waals surface area contributed by atoms with E-state index in [0.717, 1.165) is 32.1 Å². The van der Waals surface area contributed by atoms with Gasteiger partial charge in [0.2, 0.25) is 5.95 Å². The largest absolute Gasteiger partial charge is 0.529 e. The van der Waals surface area contributed by atoms with Crippen LogP contribution in [0.5, 0.6) is 0 Å². The highest BCUT2D eigenvalue weighted by Gasteiger charge is 2.36. The zero-order chi connectivity index (χ0) is 28.6. The number of hydroxylamine groups is 1. The standard InChI is InChI=1S/C27H34N7O6P/c1-17(34(39-22-8-5-9-22)20-6-3-2-4-7-20)26(35)40-41(36,37)38-15-18-10-13-21(14-18)33-16-29-23-24(30-19-11-12-19)31-27(28)32-25(23)33/h2-4,6-7,10,13,16-19,21-22H,5,8-9,11-12,14-15H2,1H3,(H,36,37)(H3,28,30,31,32)/t17-,18+,21-/m0/s1. The molecular weight excluding hydrogens is 549 g/mol.